The normalized spacial score (nSPS) is 30.0. The lowest BCUT2D eigenvalue weighted by Gasteiger charge is -2.36. The molecule has 102 valence electrons. The Kier molecular flexibility index (Phi) is 3.64. The third kappa shape index (κ3) is 2.85. The van der Waals surface area contributed by atoms with Crippen LogP contribution in [-0.2, 0) is 9.59 Å². The minimum Gasteiger partial charge on any atom is -0.481 e. The van der Waals surface area contributed by atoms with Gasteiger partial charge in [0.25, 0.3) is 0 Å². The van der Waals surface area contributed by atoms with Gasteiger partial charge in [-0.25, -0.2) is 0 Å². The minimum absolute atomic E-state index is 0.152. The quantitative estimate of drug-likeness (QED) is 0.836. The number of amides is 1. The average Bonchev–Trinajstić information content (AvgIpc) is 2.95. The van der Waals surface area contributed by atoms with E-state index in [9.17, 15) is 9.59 Å². The van der Waals surface area contributed by atoms with Crippen molar-refractivity contribution in [2.45, 2.75) is 58.4 Å². The fraction of sp³-hybridized carbons (Fsp3) is 0.857. The minimum atomic E-state index is -0.764. The Morgan fingerprint density at radius 1 is 1.33 bits per heavy atom. The van der Waals surface area contributed by atoms with Crippen molar-refractivity contribution < 1.29 is 14.7 Å². The highest BCUT2D eigenvalue weighted by atomic mass is 16.4. The molecule has 0 spiro atoms. The smallest absolute Gasteiger partial charge is 0.303 e. The topological polar surface area (TPSA) is 57.6 Å². The Balaban J connectivity index is 1.95. The zero-order valence-electron chi connectivity index (χ0n) is 11.3. The van der Waals surface area contributed by atoms with Crippen LogP contribution in [0.1, 0.15) is 52.4 Å². The molecule has 0 aromatic heterocycles. The van der Waals surface area contributed by atoms with Crippen LogP contribution in [0.25, 0.3) is 0 Å². The summed E-state index contributed by atoms with van der Waals surface area (Å²) in [6, 6.07) is 0.152. The van der Waals surface area contributed by atoms with Crippen LogP contribution in [0.4, 0.5) is 0 Å². The number of nitrogens with zero attached hydrogens (tertiary/aromatic N) is 1. The summed E-state index contributed by atoms with van der Waals surface area (Å²) in [5.74, 6) is -0.335. The van der Waals surface area contributed by atoms with E-state index in [1.165, 1.54) is 0 Å². The van der Waals surface area contributed by atoms with Crippen LogP contribution in [0.5, 0.6) is 0 Å². The standard InChI is InChI=1S/C14H23NO3/c1-14(2)9-11(14)13(18)15-8-4-3-5-10(15)6-7-12(16)17/h10-11H,3-9H2,1-2H3,(H,16,17)/t10?,11-/m1/s1. The van der Waals surface area contributed by atoms with Crippen LogP contribution in [0.2, 0.25) is 0 Å². The summed E-state index contributed by atoms with van der Waals surface area (Å²) in [6.45, 7) is 5.08. The zero-order valence-corrected chi connectivity index (χ0v) is 11.3. The molecule has 1 saturated heterocycles. The van der Waals surface area contributed by atoms with E-state index in [0.29, 0.717) is 6.42 Å². The SMILES string of the molecule is CC1(C)C[C@@H]1C(=O)N1CCCCC1CCC(=O)O. The Labute approximate surface area is 108 Å². The molecule has 0 radical (unpaired) electrons. The first-order chi connectivity index (χ1) is 8.42. The second-order valence-electron chi connectivity index (χ2n) is 6.36. The molecule has 0 aromatic carbocycles. The van der Waals surface area contributed by atoms with Crippen molar-refractivity contribution in [3.8, 4) is 0 Å². The summed E-state index contributed by atoms with van der Waals surface area (Å²) >= 11 is 0. The summed E-state index contributed by atoms with van der Waals surface area (Å²) in [4.78, 5) is 25.0. The van der Waals surface area contributed by atoms with E-state index in [1.807, 2.05) is 4.90 Å². The molecule has 2 aliphatic rings. The van der Waals surface area contributed by atoms with Gasteiger partial charge in [0.2, 0.25) is 5.91 Å². The third-order valence-corrected chi connectivity index (χ3v) is 4.41. The number of hydrogen-bond acceptors (Lipinski definition) is 2. The lowest BCUT2D eigenvalue weighted by atomic mass is 9.96. The number of aliphatic carboxylic acids is 1. The Hall–Kier alpha value is -1.06. The van der Waals surface area contributed by atoms with E-state index >= 15 is 0 Å². The molecule has 1 saturated carbocycles. The second kappa shape index (κ2) is 4.90. The van der Waals surface area contributed by atoms with Crippen LogP contribution < -0.4 is 0 Å². The monoisotopic (exact) mass is 253 g/mol. The first kappa shape index (κ1) is 13.4. The molecular weight excluding hydrogens is 230 g/mol. The molecule has 0 bridgehead atoms. The number of piperidine rings is 1. The van der Waals surface area contributed by atoms with Gasteiger partial charge in [-0.05, 0) is 37.5 Å². The number of carboxylic acids is 1. The van der Waals surface area contributed by atoms with Gasteiger partial charge in [-0.1, -0.05) is 13.8 Å². The van der Waals surface area contributed by atoms with Crippen LogP contribution in [0.15, 0.2) is 0 Å². The maximum Gasteiger partial charge on any atom is 0.303 e. The van der Waals surface area contributed by atoms with Gasteiger partial charge in [-0.2, -0.15) is 0 Å². The van der Waals surface area contributed by atoms with Crippen molar-refractivity contribution in [3.05, 3.63) is 0 Å². The first-order valence-corrected chi connectivity index (χ1v) is 6.94. The summed E-state index contributed by atoms with van der Waals surface area (Å²) in [5.41, 5.74) is 0.159. The van der Waals surface area contributed by atoms with Crippen molar-refractivity contribution in [3.63, 3.8) is 0 Å². The van der Waals surface area contributed by atoms with Gasteiger partial charge in [0.15, 0.2) is 0 Å². The molecule has 2 rings (SSSR count). The van der Waals surface area contributed by atoms with Gasteiger partial charge >= 0.3 is 5.97 Å². The van der Waals surface area contributed by atoms with Crippen molar-refractivity contribution in [1.29, 1.82) is 0 Å². The molecule has 2 fully saturated rings. The number of carboxylic acid groups (broad SMARTS) is 1. The van der Waals surface area contributed by atoms with Crippen LogP contribution in [-0.4, -0.2) is 34.5 Å². The fourth-order valence-electron chi connectivity index (χ4n) is 2.97. The average molecular weight is 253 g/mol. The molecule has 1 amide bonds. The molecule has 1 aliphatic heterocycles. The van der Waals surface area contributed by atoms with Crippen molar-refractivity contribution in [2.24, 2.45) is 11.3 Å². The fourth-order valence-corrected chi connectivity index (χ4v) is 2.97. The van der Waals surface area contributed by atoms with Gasteiger partial charge in [0.05, 0.1) is 0 Å². The first-order valence-electron chi connectivity index (χ1n) is 6.94. The van der Waals surface area contributed by atoms with E-state index < -0.39 is 5.97 Å². The van der Waals surface area contributed by atoms with Gasteiger partial charge in [0, 0.05) is 24.9 Å². The van der Waals surface area contributed by atoms with Gasteiger partial charge in [-0.3, -0.25) is 9.59 Å². The van der Waals surface area contributed by atoms with Crippen LogP contribution in [0, 0.1) is 11.3 Å². The molecule has 1 aliphatic carbocycles. The number of rotatable bonds is 4. The van der Waals surface area contributed by atoms with Crippen LogP contribution >= 0.6 is 0 Å². The van der Waals surface area contributed by atoms with Crippen LogP contribution in [0.3, 0.4) is 0 Å². The number of hydrogen-bond donors (Lipinski definition) is 1. The molecule has 1 heterocycles. The Morgan fingerprint density at radius 3 is 2.56 bits per heavy atom. The molecule has 0 aromatic rings. The van der Waals surface area contributed by atoms with Crippen molar-refractivity contribution in [1.82, 2.24) is 4.90 Å². The summed E-state index contributed by atoms with van der Waals surface area (Å²) in [5, 5.41) is 8.77. The maximum atomic E-state index is 12.4. The molecular formula is C14H23NO3. The number of carbonyl (C=O) groups is 2. The van der Waals surface area contributed by atoms with E-state index in [1.54, 1.807) is 0 Å². The molecule has 1 unspecified atom stereocenters. The summed E-state index contributed by atoms with van der Waals surface area (Å²) in [6.07, 6.45) is 4.89. The van der Waals surface area contributed by atoms with E-state index in [4.69, 9.17) is 5.11 Å². The summed E-state index contributed by atoms with van der Waals surface area (Å²) in [7, 11) is 0. The highest BCUT2D eigenvalue weighted by Crippen LogP contribution is 2.52. The van der Waals surface area contributed by atoms with Gasteiger partial charge in [-0.15, -0.1) is 0 Å². The molecule has 18 heavy (non-hydrogen) atoms. The molecule has 1 N–H and O–H groups in total. The number of likely N-dealkylation sites (tertiary alicyclic amines) is 1. The molecule has 4 nitrogen and oxygen atoms in total. The zero-order chi connectivity index (χ0) is 13.3. The molecule has 4 heteroatoms. The third-order valence-electron chi connectivity index (χ3n) is 4.41. The van der Waals surface area contributed by atoms with E-state index in [0.717, 1.165) is 32.2 Å². The largest absolute Gasteiger partial charge is 0.481 e. The van der Waals surface area contributed by atoms with E-state index in [2.05, 4.69) is 13.8 Å². The highest BCUT2D eigenvalue weighted by Gasteiger charge is 2.52. The second-order valence-corrected chi connectivity index (χ2v) is 6.36. The lowest BCUT2D eigenvalue weighted by molar-refractivity contribution is -0.141. The highest BCUT2D eigenvalue weighted by molar-refractivity contribution is 5.83. The van der Waals surface area contributed by atoms with Gasteiger partial charge < -0.3 is 10.0 Å². The predicted octanol–water partition coefficient (Wildman–Crippen LogP) is 2.28. The Bertz CT molecular complexity index is 351. The van der Waals surface area contributed by atoms with Crippen molar-refractivity contribution >= 4 is 11.9 Å². The van der Waals surface area contributed by atoms with E-state index in [-0.39, 0.29) is 29.7 Å². The molecule has 2 atom stereocenters. The summed E-state index contributed by atoms with van der Waals surface area (Å²) < 4.78 is 0. The number of carbonyl (C=O) groups excluding carboxylic acids is 1. The maximum absolute atomic E-state index is 12.4. The predicted molar refractivity (Wildman–Crippen MR) is 68.1 cm³/mol. The van der Waals surface area contributed by atoms with Crippen molar-refractivity contribution in [2.75, 3.05) is 6.54 Å². The van der Waals surface area contributed by atoms with Gasteiger partial charge in [0.1, 0.15) is 0 Å². The lowest BCUT2D eigenvalue weighted by Crippen LogP contribution is -2.45. The Morgan fingerprint density at radius 2 is 2.00 bits per heavy atom.